The molecule has 0 amide bonds. The van der Waals surface area contributed by atoms with Crippen molar-refractivity contribution in [2.45, 2.75) is 45.1 Å². The molecule has 1 heterocycles. The number of aliphatic imine (C=N–C) groups is 1. The maximum Gasteiger partial charge on any atom is 0.217 e. The summed E-state index contributed by atoms with van der Waals surface area (Å²) in [5.74, 6) is 0.831. The van der Waals surface area contributed by atoms with Crippen molar-refractivity contribution in [3.8, 4) is 0 Å². The lowest BCUT2D eigenvalue weighted by Gasteiger charge is -2.14. The SMILES string of the molecule is CC1(C)COC(c2cc3ccc2CCc2ccc(cc2)CC3)=N1. The second kappa shape index (κ2) is 5.52. The molecule has 4 aliphatic carbocycles. The van der Waals surface area contributed by atoms with Crippen LogP contribution in [0.15, 0.2) is 47.5 Å². The lowest BCUT2D eigenvalue weighted by Crippen LogP contribution is -2.17. The van der Waals surface area contributed by atoms with Crippen LogP contribution < -0.4 is 0 Å². The maximum absolute atomic E-state index is 5.92. The third-order valence-electron chi connectivity index (χ3n) is 4.78. The summed E-state index contributed by atoms with van der Waals surface area (Å²) < 4.78 is 5.92. The number of hydrogen-bond acceptors (Lipinski definition) is 2. The second-order valence-electron chi connectivity index (χ2n) is 7.33. The Morgan fingerprint density at radius 1 is 0.826 bits per heavy atom. The van der Waals surface area contributed by atoms with Gasteiger partial charge in [0.05, 0.1) is 5.54 Å². The minimum atomic E-state index is -0.108. The maximum atomic E-state index is 5.92. The average molecular weight is 305 g/mol. The van der Waals surface area contributed by atoms with Gasteiger partial charge in [0.25, 0.3) is 0 Å². The summed E-state index contributed by atoms with van der Waals surface area (Å²) in [6.07, 6.45) is 4.22. The summed E-state index contributed by atoms with van der Waals surface area (Å²) in [6, 6.07) is 15.9. The van der Waals surface area contributed by atoms with Crippen LogP contribution in [0.2, 0.25) is 0 Å². The van der Waals surface area contributed by atoms with Crippen molar-refractivity contribution in [3.63, 3.8) is 0 Å². The molecule has 2 aromatic rings. The fourth-order valence-electron chi connectivity index (χ4n) is 3.36. The van der Waals surface area contributed by atoms with E-state index in [1.54, 1.807) is 0 Å². The summed E-state index contributed by atoms with van der Waals surface area (Å²) in [6.45, 7) is 4.93. The number of aryl methyl sites for hydroxylation is 4. The number of rotatable bonds is 1. The van der Waals surface area contributed by atoms with Crippen LogP contribution in [0.25, 0.3) is 0 Å². The molecule has 0 fully saturated rings. The van der Waals surface area contributed by atoms with Crippen LogP contribution in [-0.4, -0.2) is 18.0 Å². The highest BCUT2D eigenvalue weighted by atomic mass is 16.5. The average Bonchev–Trinajstić information content (AvgIpc) is 2.90. The van der Waals surface area contributed by atoms with Gasteiger partial charge in [-0.25, -0.2) is 4.99 Å². The predicted octanol–water partition coefficient (Wildman–Crippen LogP) is 4.13. The molecule has 0 unspecified atom stereocenters. The molecule has 0 saturated heterocycles. The fourth-order valence-corrected chi connectivity index (χ4v) is 3.36. The second-order valence-corrected chi connectivity index (χ2v) is 7.33. The topological polar surface area (TPSA) is 21.6 Å². The van der Waals surface area contributed by atoms with Gasteiger partial charge in [-0.3, -0.25) is 0 Å². The van der Waals surface area contributed by atoms with E-state index < -0.39 is 0 Å². The Morgan fingerprint density at radius 3 is 2.09 bits per heavy atom. The minimum absolute atomic E-state index is 0.108. The van der Waals surface area contributed by atoms with Crippen LogP contribution in [0, 0.1) is 0 Å². The van der Waals surface area contributed by atoms with Crippen molar-refractivity contribution in [3.05, 3.63) is 70.3 Å². The zero-order valence-corrected chi connectivity index (χ0v) is 13.9. The molecule has 7 rings (SSSR count). The van der Waals surface area contributed by atoms with E-state index in [4.69, 9.17) is 9.73 Å². The predicted molar refractivity (Wildman–Crippen MR) is 94.3 cm³/mol. The van der Waals surface area contributed by atoms with Crippen molar-refractivity contribution in [2.24, 2.45) is 4.99 Å². The molecule has 1 aliphatic heterocycles. The first-order valence-corrected chi connectivity index (χ1v) is 8.52. The van der Waals surface area contributed by atoms with Crippen LogP contribution in [0.5, 0.6) is 0 Å². The normalized spacial score (nSPS) is 19.0. The van der Waals surface area contributed by atoms with Gasteiger partial charge in [0.1, 0.15) is 6.61 Å². The van der Waals surface area contributed by atoms with Gasteiger partial charge in [0.15, 0.2) is 0 Å². The van der Waals surface area contributed by atoms with Crippen LogP contribution >= 0.6 is 0 Å². The highest BCUT2D eigenvalue weighted by Crippen LogP contribution is 2.25. The van der Waals surface area contributed by atoms with Gasteiger partial charge < -0.3 is 4.74 Å². The highest BCUT2D eigenvalue weighted by Gasteiger charge is 2.28. The summed E-state index contributed by atoms with van der Waals surface area (Å²) in [4.78, 5) is 4.80. The first-order chi connectivity index (χ1) is 11.1. The first-order valence-electron chi connectivity index (χ1n) is 8.52. The van der Waals surface area contributed by atoms with Gasteiger partial charge in [-0.1, -0.05) is 36.4 Å². The first kappa shape index (κ1) is 14.5. The molecule has 0 saturated carbocycles. The van der Waals surface area contributed by atoms with Gasteiger partial charge in [0.2, 0.25) is 5.90 Å². The summed E-state index contributed by atoms with van der Waals surface area (Å²) in [5.41, 5.74) is 6.61. The fraction of sp³-hybridized carbons (Fsp3) is 0.381. The van der Waals surface area contributed by atoms with Gasteiger partial charge in [-0.2, -0.15) is 0 Å². The van der Waals surface area contributed by atoms with Gasteiger partial charge in [-0.05, 0) is 67.9 Å². The van der Waals surface area contributed by atoms with Crippen molar-refractivity contribution in [2.75, 3.05) is 6.61 Å². The molecule has 2 nitrogen and oxygen atoms in total. The van der Waals surface area contributed by atoms with E-state index in [0.717, 1.165) is 31.6 Å². The van der Waals surface area contributed by atoms with Crippen molar-refractivity contribution in [1.29, 1.82) is 0 Å². The lowest BCUT2D eigenvalue weighted by atomic mass is 9.93. The van der Waals surface area contributed by atoms with E-state index in [-0.39, 0.29) is 5.54 Å². The Labute approximate surface area is 138 Å². The Hall–Kier alpha value is -2.09. The monoisotopic (exact) mass is 305 g/mol. The third kappa shape index (κ3) is 3.03. The standard InChI is InChI=1S/C21H23NO/c1-21(2)14-23-20(22-21)19-13-17-8-7-15-3-5-16(6-4-15)9-11-18(19)12-10-17/h3-6,10,12-13H,7-9,11,14H2,1-2H3. The Kier molecular flexibility index (Phi) is 3.48. The summed E-state index contributed by atoms with van der Waals surface area (Å²) in [7, 11) is 0. The zero-order chi connectivity index (χ0) is 15.9. The molecular formula is C21H23NO. The lowest BCUT2D eigenvalue weighted by molar-refractivity contribution is 0.279. The van der Waals surface area contributed by atoms with E-state index >= 15 is 0 Å². The van der Waals surface area contributed by atoms with Crippen LogP contribution in [0.3, 0.4) is 0 Å². The number of hydrogen-bond donors (Lipinski definition) is 0. The minimum Gasteiger partial charge on any atom is -0.475 e. The Balaban J connectivity index is 1.74. The van der Waals surface area contributed by atoms with Crippen molar-refractivity contribution >= 4 is 5.90 Å². The largest absolute Gasteiger partial charge is 0.475 e. The van der Waals surface area contributed by atoms with E-state index in [2.05, 4.69) is 56.3 Å². The van der Waals surface area contributed by atoms with Crippen LogP contribution in [0.4, 0.5) is 0 Å². The van der Waals surface area contributed by atoms with Gasteiger partial charge in [0, 0.05) is 5.56 Å². The molecule has 0 N–H and O–H groups in total. The summed E-state index contributed by atoms with van der Waals surface area (Å²) in [5, 5.41) is 0. The third-order valence-corrected chi connectivity index (χ3v) is 4.78. The highest BCUT2D eigenvalue weighted by molar-refractivity contribution is 5.97. The number of ether oxygens (including phenoxy) is 1. The van der Waals surface area contributed by atoms with E-state index in [1.807, 2.05) is 0 Å². The van der Waals surface area contributed by atoms with E-state index in [1.165, 1.54) is 27.8 Å². The molecule has 5 aliphatic rings. The molecule has 0 atom stereocenters. The Morgan fingerprint density at radius 2 is 1.43 bits per heavy atom. The molecular weight excluding hydrogens is 282 g/mol. The molecule has 0 spiro atoms. The van der Waals surface area contributed by atoms with Crippen molar-refractivity contribution in [1.82, 2.24) is 0 Å². The molecule has 2 aromatic carbocycles. The summed E-state index contributed by atoms with van der Waals surface area (Å²) >= 11 is 0. The van der Waals surface area contributed by atoms with E-state index in [9.17, 15) is 0 Å². The van der Waals surface area contributed by atoms with Crippen molar-refractivity contribution < 1.29 is 4.74 Å². The number of nitrogens with zero attached hydrogens (tertiary/aromatic N) is 1. The van der Waals surface area contributed by atoms with E-state index in [0.29, 0.717) is 6.61 Å². The molecule has 0 aromatic heterocycles. The molecule has 23 heavy (non-hydrogen) atoms. The zero-order valence-electron chi connectivity index (χ0n) is 13.9. The van der Waals surface area contributed by atoms with Gasteiger partial charge >= 0.3 is 0 Å². The quantitative estimate of drug-likeness (QED) is 0.776. The molecule has 0 radical (unpaired) electrons. The molecule has 118 valence electrons. The van der Waals surface area contributed by atoms with Crippen LogP contribution in [0.1, 0.15) is 41.7 Å². The Bertz CT molecular complexity index is 756. The number of benzene rings is 2. The molecule has 4 bridgehead atoms. The molecule has 2 heteroatoms. The van der Waals surface area contributed by atoms with Crippen LogP contribution in [-0.2, 0) is 30.4 Å². The van der Waals surface area contributed by atoms with Gasteiger partial charge in [-0.15, -0.1) is 0 Å². The smallest absolute Gasteiger partial charge is 0.217 e.